The third-order valence-corrected chi connectivity index (χ3v) is 2.98. The summed E-state index contributed by atoms with van der Waals surface area (Å²) in [5.41, 5.74) is 0.547. The molecular formula is C15H25N2O3+. The molecule has 1 rings (SSSR count). The highest BCUT2D eigenvalue weighted by Gasteiger charge is 2.12. The molecule has 20 heavy (non-hydrogen) atoms. The van der Waals surface area contributed by atoms with E-state index < -0.39 is 0 Å². The molecule has 112 valence electrons. The topological polar surface area (TPSA) is 52.0 Å². The number of carbonyl (C=O) groups excluding carboxylic acids is 1. The summed E-state index contributed by atoms with van der Waals surface area (Å²) in [6.45, 7) is 3.80. The van der Waals surface area contributed by atoms with Crippen LogP contribution in [0.5, 0.6) is 11.5 Å². The van der Waals surface area contributed by atoms with Crippen molar-refractivity contribution in [3.05, 3.63) is 23.8 Å². The summed E-state index contributed by atoms with van der Waals surface area (Å²) in [6, 6.07) is 5.16. The van der Waals surface area contributed by atoms with E-state index in [0.717, 1.165) is 6.54 Å². The van der Waals surface area contributed by atoms with Crippen LogP contribution in [0.15, 0.2) is 18.2 Å². The first-order valence-corrected chi connectivity index (χ1v) is 6.76. The largest absolute Gasteiger partial charge is 0.497 e. The molecule has 0 unspecified atom stereocenters. The van der Waals surface area contributed by atoms with Gasteiger partial charge in [0.1, 0.15) is 11.5 Å². The molecule has 0 spiro atoms. The van der Waals surface area contributed by atoms with Crippen molar-refractivity contribution in [2.45, 2.75) is 6.92 Å². The standard InChI is InChI=1S/C15H24N2O3/c1-11(10-17(2)3)9-16-15(18)12-6-13(19-4)8-14(7-12)20-5/h6-8,11H,9-10H2,1-5H3,(H,16,18)/p+1/t11-/m0/s1. The van der Waals surface area contributed by atoms with E-state index in [2.05, 4.69) is 26.3 Å². The first kappa shape index (κ1) is 16.3. The fourth-order valence-corrected chi connectivity index (χ4v) is 2.08. The minimum absolute atomic E-state index is 0.109. The summed E-state index contributed by atoms with van der Waals surface area (Å²) in [4.78, 5) is 13.5. The molecule has 0 bridgehead atoms. The number of carbonyl (C=O) groups is 1. The molecule has 2 N–H and O–H groups in total. The second kappa shape index (κ2) is 7.75. The van der Waals surface area contributed by atoms with Gasteiger partial charge in [-0.3, -0.25) is 4.79 Å². The Bertz CT molecular complexity index is 424. The summed E-state index contributed by atoms with van der Waals surface area (Å²) in [6.07, 6.45) is 0. The van der Waals surface area contributed by atoms with Crippen LogP contribution in [-0.4, -0.2) is 47.3 Å². The second-order valence-electron chi connectivity index (χ2n) is 5.33. The number of hydrogen-bond donors (Lipinski definition) is 2. The highest BCUT2D eigenvalue weighted by Crippen LogP contribution is 2.22. The Morgan fingerprint density at radius 3 is 2.20 bits per heavy atom. The average Bonchev–Trinajstić information content (AvgIpc) is 2.43. The summed E-state index contributed by atoms with van der Waals surface area (Å²) < 4.78 is 10.3. The predicted octanol–water partition coefficient (Wildman–Crippen LogP) is 0.214. The van der Waals surface area contributed by atoms with Gasteiger partial charge in [-0.15, -0.1) is 0 Å². The molecule has 1 amide bonds. The van der Waals surface area contributed by atoms with Crippen molar-refractivity contribution in [3.8, 4) is 11.5 Å². The minimum atomic E-state index is -0.109. The lowest BCUT2D eigenvalue weighted by Gasteiger charge is -2.15. The first-order valence-electron chi connectivity index (χ1n) is 6.76. The maximum atomic E-state index is 12.1. The van der Waals surface area contributed by atoms with Crippen LogP contribution >= 0.6 is 0 Å². The zero-order valence-electron chi connectivity index (χ0n) is 12.9. The molecule has 5 heteroatoms. The van der Waals surface area contributed by atoms with Crippen LogP contribution in [-0.2, 0) is 0 Å². The second-order valence-corrected chi connectivity index (χ2v) is 5.33. The number of rotatable bonds is 7. The Hall–Kier alpha value is -1.75. The molecule has 0 saturated carbocycles. The number of hydrogen-bond acceptors (Lipinski definition) is 3. The maximum absolute atomic E-state index is 12.1. The van der Waals surface area contributed by atoms with Gasteiger partial charge in [-0.25, -0.2) is 0 Å². The molecule has 0 aliphatic rings. The Labute approximate surface area is 120 Å². The molecule has 5 nitrogen and oxygen atoms in total. The van der Waals surface area contributed by atoms with Crippen molar-refractivity contribution in [2.24, 2.45) is 5.92 Å². The van der Waals surface area contributed by atoms with Crippen LogP contribution < -0.4 is 19.7 Å². The monoisotopic (exact) mass is 281 g/mol. The molecule has 0 aliphatic heterocycles. The van der Waals surface area contributed by atoms with E-state index in [0.29, 0.717) is 29.5 Å². The zero-order valence-corrected chi connectivity index (χ0v) is 12.9. The number of amides is 1. The smallest absolute Gasteiger partial charge is 0.251 e. The van der Waals surface area contributed by atoms with Crippen LogP contribution in [0, 0.1) is 5.92 Å². The van der Waals surface area contributed by atoms with E-state index in [1.807, 2.05) is 0 Å². The Morgan fingerprint density at radius 2 is 1.75 bits per heavy atom. The van der Waals surface area contributed by atoms with Gasteiger partial charge in [-0.2, -0.15) is 0 Å². The van der Waals surface area contributed by atoms with Crippen molar-refractivity contribution >= 4 is 5.91 Å². The van der Waals surface area contributed by atoms with Gasteiger partial charge in [0.2, 0.25) is 0 Å². The number of nitrogens with one attached hydrogen (secondary N) is 2. The van der Waals surface area contributed by atoms with E-state index in [1.54, 1.807) is 32.4 Å². The summed E-state index contributed by atoms with van der Waals surface area (Å²) in [5.74, 6) is 1.54. The van der Waals surface area contributed by atoms with Gasteiger partial charge in [0, 0.05) is 24.1 Å². The van der Waals surface area contributed by atoms with Gasteiger partial charge < -0.3 is 19.7 Å². The summed E-state index contributed by atoms with van der Waals surface area (Å²) in [5, 5.41) is 2.94. The van der Waals surface area contributed by atoms with Gasteiger partial charge in [0.25, 0.3) is 5.91 Å². The molecule has 1 atom stereocenters. The van der Waals surface area contributed by atoms with E-state index in [4.69, 9.17) is 9.47 Å². The molecule has 0 saturated heterocycles. The van der Waals surface area contributed by atoms with Crippen LogP contribution in [0.4, 0.5) is 0 Å². The normalized spacial score (nSPS) is 12.1. The van der Waals surface area contributed by atoms with Crippen molar-refractivity contribution in [1.82, 2.24) is 5.32 Å². The Morgan fingerprint density at radius 1 is 1.20 bits per heavy atom. The Kier molecular flexibility index (Phi) is 6.31. The van der Waals surface area contributed by atoms with Gasteiger partial charge in [-0.1, -0.05) is 6.92 Å². The molecule has 1 aromatic rings. The number of quaternary nitrogens is 1. The minimum Gasteiger partial charge on any atom is -0.497 e. The van der Waals surface area contributed by atoms with Crippen LogP contribution in [0.1, 0.15) is 17.3 Å². The number of ether oxygens (including phenoxy) is 2. The summed E-state index contributed by atoms with van der Waals surface area (Å²) in [7, 11) is 7.34. The lowest BCUT2D eigenvalue weighted by atomic mass is 10.1. The average molecular weight is 281 g/mol. The zero-order chi connectivity index (χ0) is 15.1. The van der Waals surface area contributed by atoms with Crippen LogP contribution in [0.25, 0.3) is 0 Å². The lowest BCUT2D eigenvalue weighted by Crippen LogP contribution is -3.06. The van der Waals surface area contributed by atoms with Crippen molar-refractivity contribution in [3.63, 3.8) is 0 Å². The maximum Gasteiger partial charge on any atom is 0.251 e. The van der Waals surface area contributed by atoms with E-state index in [9.17, 15) is 4.79 Å². The molecule has 0 radical (unpaired) electrons. The van der Waals surface area contributed by atoms with Gasteiger partial charge in [-0.05, 0) is 12.1 Å². The molecule has 0 aromatic heterocycles. The molecule has 0 aliphatic carbocycles. The third kappa shape index (κ3) is 5.09. The highest BCUT2D eigenvalue weighted by atomic mass is 16.5. The highest BCUT2D eigenvalue weighted by molar-refractivity contribution is 5.95. The molecular weight excluding hydrogens is 256 g/mol. The van der Waals surface area contributed by atoms with E-state index in [1.165, 1.54) is 4.90 Å². The fraction of sp³-hybridized carbons (Fsp3) is 0.533. The molecule has 0 heterocycles. The predicted molar refractivity (Wildman–Crippen MR) is 78.7 cm³/mol. The quantitative estimate of drug-likeness (QED) is 0.751. The fourth-order valence-electron chi connectivity index (χ4n) is 2.08. The van der Waals surface area contributed by atoms with E-state index >= 15 is 0 Å². The van der Waals surface area contributed by atoms with Gasteiger partial charge >= 0.3 is 0 Å². The Balaban J connectivity index is 2.67. The van der Waals surface area contributed by atoms with Gasteiger partial charge in [0.15, 0.2) is 0 Å². The third-order valence-electron chi connectivity index (χ3n) is 2.98. The lowest BCUT2D eigenvalue weighted by molar-refractivity contribution is -0.861. The molecule has 1 aromatic carbocycles. The number of methoxy groups -OCH3 is 2. The van der Waals surface area contributed by atoms with Crippen molar-refractivity contribution in [2.75, 3.05) is 41.4 Å². The van der Waals surface area contributed by atoms with E-state index in [-0.39, 0.29) is 5.91 Å². The van der Waals surface area contributed by atoms with Crippen molar-refractivity contribution in [1.29, 1.82) is 0 Å². The van der Waals surface area contributed by atoms with Crippen LogP contribution in [0.3, 0.4) is 0 Å². The van der Waals surface area contributed by atoms with Crippen molar-refractivity contribution < 1.29 is 19.2 Å². The SMILES string of the molecule is COc1cc(OC)cc(C(=O)NC[C@H](C)C[NH+](C)C)c1. The molecule has 0 fully saturated rings. The van der Waals surface area contributed by atoms with Gasteiger partial charge in [0.05, 0.1) is 34.9 Å². The number of benzene rings is 1. The van der Waals surface area contributed by atoms with Crippen LogP contribution in [0.2, 0.25) is 0 Å². The summed E-state index contributed by atoms with van der Waals surface area (Å²) >= 11 is 0. The first-order chi connectivity index (χ1) is 9.46.